The molecule has 156 valence electrons. The molecule has 29 heavy (non-hydrogen) atoms. The molecule has 1 unspecified atom stereocenters. The number of aryl methyl sites for hydroxylation is 1. The molecule has 1 aromatic rings. The summed E-state index contributed by atoms with van der Waals surface area (Å²) in [5.74, 6) is -2.97. The number of anilines is 1. The molecule has 1 atom stereocenters. The zero-order valence-corrected chi connectivity index (χ0v) is 16.2. The number of aromatic nitrogens is 2. The Labute approximate surface area is 167 Å². The van der Waals surface area contributed by atoms with Crippen molar-refractivity contribution in [3.8, 4) is 0 Å². The molecule has 1 aliphatic heterocycles. The van der Waals surface area contributed by atoms with Crippen LogP contribution in [0.15, 0.2) is 36.0 Å². The number of rotatable bonds is 4. The molecule has 2 heterocycles. The molecule has 1 saturated heterocycles. The molecule has 3 amide bonds. The Bertz CT molecular complexity index is 839. The third-order valence-electron chi connectivity index (χ3n) is 4.52. The topological polar surface area (TPSA) is 96.5 Å². The summed E-state index contributed by atoms with van der Waals surface area (Å²) in [7, 11) is 0. The molecular formula is C19H23F2N5O3. The summed E-state index contributed by atoms with van der Waals surface area (Å²) in [5.41, 5.74) is 0.606. The van der Waals surface area contributed by atoms with E-state index in [-0.39, 0.29) is 29.3 Å². The Morgan fingerprint density at radius 3 is 2.76 bits per heavy atom. The second kappa shape index (κ2) is 8.54. The standard InChI is InChI=1S/C19H23F2N5O3/c1-12-9-23-17(10-22-12)25-18(28)24-14-6-16(8-19(20,21)7-14)29-15-4-3-5-26(11-15)13(2)27/h6-7,9-10,15H,3-5,8,11H2,1-2H3,(H2,23,24,25,28). The monoisotopic (exact) mass is 407 g/mol. The maximum atomic E-state index is 14.1. The number of urea groups is 1. The first kappa shape index (κ1) is 20.7. The fraction of sp³-hybridized carbons (Fsp3) is 0.474. The fourth-order valence-electron chi connectivity index (χ4n) is 3.20. The van der Waals surface area contributed by atoms with Crippen molar-refractivity contribution in [1.82, 2.24) is 20.2 Å². The minimum Gasteiger partial charge on any atom is -0.493 e. The quantitative estimate of drug-likeness (QED) is 0.800. The van der Waals surface area contributed by atoms with Gasteiger partial charge in [-0.15, -0.1) is 0 Å². The van der Waals surface area contributed by atoms with Crippen molar-refractivity contribution >= 4 is 17.8 Å². The molecule has 8 nitrogen and oxygen atoms in total. The smallest absolute Gasteiger partial charge is 0.324 e. The van der Waals surface area contributed by atoms with Crippen LogP contribution in [0.4, 0.5) is 19.4 Å². The Morgan fingerprint density at radius 2 is 2.07 bits per heavy atom. The summed E-state index contributed by atoms with van der Waals surface area (Å²) in [5, 5.41) is 4.81. The lowest BCUT2D eigenvalue weighted by Crippen LogP contribution is -2.42. The number of hydrogen-bond acceptors (Lipinski definition) is 5. The number of hydrogen-bond donors (Lipinski definition) is 2. The van der Waals surface area contributed by atoms with E-state index in [9.17, 15) is 18.4 Å². The van der Waals surface area contributed by atoms with E-state index in [4.69, 9.17) is 4.74 Å². The summed E-state index contributed by atoms with van der Waals surface area (Å²) < 4.78 is 34.0. The van der Waals surface area contributed by atoms with E-state index in [0.717, 1.165) is 6.42 Å². The van der Waals surface area contributed by atoms with Crippen molar-refractivity contribution < 1.29 is 23.1 Å². The van der Waals surface area contributed by atoms with Crippen LogP contribution >= 0.6 is 0 Å². The Kier molecular flexibility index (Phi) is 6.09. The van der Waals surface area contributed by atoms with Crippen molar-refractivity contribution in [3.63, 3.8) is 0 Å². The van der Waals surface area contributed by atoms with Crippen LogP contribution in [0.3, 0.4) is 0 Å². The Balaban J connectivity index is 1.64. The maximum Gasteiger partial charge on any atom is 0.324 e. The van der Waals surface area contributed by atoms with Crippen LogP contribution in [0.25, 0.3) is 0 Å². The first-order valence-electron chi connectivity index (χ1n) is 9.30. The van der Waals surface area contributed by atoms with Crippen LogP contribution in [0, 0.1) is 6.92 Å². The van der Waals surface area contributed by atoms with E-state index in [2.05, 4.69) is 20.6 Å². The number of piperidine rings is 1. The fourth-order valence-corrected chi connectivity index (χ4v) is 3.20. The van der Waals surface area contributed by atoms with Crippen molar-refractivity contribution in [2.24, 2.45) is 0 Å². The van der Waals surface area contributed by atoms with E-state index in [1.165, 1.54) is 25.4 Å². The highest BCUT2D eigenvalue weighted by atomic mass is 19.3. The number of halogens is 2. The number of nitrogens with one attached hydrogen (secondary N) is 2. The van der Waals surface area contributed by atoms with Gasteiger partial charge in [-0.2, -0.15) is 0 Å². The number of ether oxygens (including phenoxy) is 1. The number of nitrogens with zero attached hydrogens (tertiary/aromatic N) is 3. The molecule has 1 fully saturated rings. The molecule has 0 spiro atoms. The van der Waals surface area contributed by atoms with Crippen LogP contribution in [0.1, 0.15) is 31.9 Å². The Morgan fingerprint density at radius 1 is 1.28 bits per heavy atom. The van der Waals surface area contributed by atoms with Gasteiger partial charge in [0.15, 0.2) is 5.82 Å². The minimum atomic E-state index is -3.16. The van der Waals surface area contributed by atoms with Gasteiger partial charge in [-0.25, -0.2) is 18.6 Å². The zero-order chi connectivity index (χ0) is 21.0. The van der Waals surface area contributed by atoms with Crippen LogP contribution in [-0.2, 0) is 9.53 Å². The molecule has 1 aromatic heterocycles. The summed E-state index contributed by atoms with van der Waals surface area (Å²) in [4.78, 5) is 33.3. The zero-order valence-electron chi connectivity index (χ0n) is 16.2. The number of likely N-dealkylation sites (tertiary alicyclic amines) is 1. The number of carbonyl (C=O) groups excluding carboxylic acids is 2. The molecule has 2 N–H and O–H groups in total. The number of alkyl halides is 2. The van der Waals surface area contributed by atoms with Crippen LogP contribution < -0.4 is 10.6 Å². The largest absolute Gasteiger partial charge is 0.493 e. The van der Waals surface area contributed by atoms with E-state index < -0.39 is 18.4 Å². The molecular weight excluding hydrogens is 384 g/mol. The van der Waals surface area contributed by atoms with Crippen molar-refractivity contribution in [2.75, 3.05) is 18.4 Å². The average molecular weight is 407 g/mol. The van der Waals surface area contributed by atoms with Gasteiger partial charge in [0.05, 0.1) is 31.1 Å². The predicted octanol–water partition coefficient (Wildman–Crippen LogP) is 2.74. The highest BCUT2D eigenvalue weighted by Crippen LogP contribution is 2.32. The first-order valence-corrected chi connectivity index (χ1v) is 9.30. The van der Waals surface area contributed by atoms with Crippen molar-refractivity contribution in [3.05, 3.63) is 41.7 Å². The van der Waals surface area contributed by atoms with Gasteiger partial charge in [-0.05, 0) is 25.8 Å². The van der Waals surface area contributed by atoms with E-state index >= 15 is 0 Å². The van der Waals surface area contributed by atoms with Gasteiger partial charge in [0.2, 0.25) is 5.91 Å². The Hall–Kier alpha value is -3.04. The molecule has 1 aliphatic carbocycles. The molecule has 3 rings (SSSR count). The summed E-state index contributed by atoms with van der Waals surface area (Å²) in [6.07, 6.45) is 5.37. The lowest BCUT2D eigenvalue weighted by molar-refractivity contribution is -0.132. The van der Waals surface area contributed by atoms with Gasteiger partial charge in [-0.3, -0.25) is 15.1 Å². The molecule has 0 aromatic carbocycles. The van der Waals surface area contributed by atoms with E-state index in [1.54, 1.807) is 11.8 Å². The first-order chi connectivity index (χ1) is 13.7. The van der Waals surface area contributed by atoms with Gasteiger partial charge < -0.3 is 15.0 Å². The normalized spacial score (nSPS) is 21.0. The number of carbonyl (C=O) groups is 2. The SMILES string of the molecule is CC(=O)N1CCCC(OC2=CC(NC(=O)Nc3cnc(C)cn3)=CC(F)(F)C2)C1. The summed E-state index contributed by atoms with van der Waals surface area (Å²) in [6, 6.07) is -0.719. The van der Waals surface area contributed by atoms with Gasteiger partial charge in [-0.1, -0.05) is 0 Å². The highest BCUT2D eigenvalue weighted by Gasteiger charge is 2.34. The lowest BCUT2D eigenvalue weighted by Gasteiger charge is -2.34. The van der Waals surface area contributed by atoms with E-state index in [1.807, 2.05) is 0 Å². The lowest BCUT2D eigenvalue weighted by atomic mass is 10.0. The van der Waals surface area contributed by atoms with Crippen LogP contribution in [0.5, 0.6) is 0 Å². The molecule has 0 radical (unpaired) electrons. The third-order valence-corrected chi connectivity index (χ3v) is 4.52. The van der Waals surface area contributed by atoms with E-state index in [0.29, 0.717) is 31.3 Å². The minimum absolute atomic E-state index is 0.0679. The highest BCUT2D eigenvalue weighted by molar-refractivity contribution is 5.89. The van der Waals surface area contributed by atoms with Gasteiger partial charge in [0.1, 0.15) is 11.9 Å². The van der Waals surface area contributed by atoms with Gasteiger partial charge >= 0.3 is 6.03 Å². The maximum absolute atomic E-state index is 14.1. The molecule has 2 aliphatic rings. The van der Waals surface area contributed by atoms with Gasteiger partial charge in [0.25, 0.3) is 5.92 Å². The average Bonchev–Trinajstić information content (AvgIpc) is 2.62. The molecule has 10 heteroatoms. The third kappa shape index (κ3) is 5.97. The second-order valence-corrected chi connectivity index (χ2v) is 7.12. The predicted molar refractivity (Wildman–Crippen MR) is 101 cm³/mol. The molecule has 0 saturated carbocycles. The van der Waals surface area contributed by atoms with Crippen molar-refractivity contribution in [1.29, 1.82) is 0 Å². The number of allylic oxidation sites excluding steroid dienone is 3. The van der Waals surface area contributed by atoms with Gasteiger partial charge in [0, 0.05) is 25.2 Å². The summed E-state index contributed by atoms with van der Waals surface area (Å²) in [6.45, 7) is 4.22. The molecule has 0 bridgehead atoms. The van der Waals surface area contributed by atoms with Crippen molar-refractivity contribution in [2.45, 2.75) is 45.1 Å². The van der Waals surface area contributed by atoms with Crippen LogP contribution in [-0.4, -0.2) is 51.9 Å². The van der Waals surface area contributed by atoms with Crippen LogP contribution in [0.2, 0.25) is 0 Å². The summed E-state index contributed by atoms with van der Waals surface area (Å²) >= 11 is 0. The second-order valence-electron chi connectivity index (χ2n) is 7.12. The number of amides is 3.